The summed E-state index contributed by atoms with van der Waals surface area (Å²) in [6.07, 6.45) is -2.59. The number of aromatic nitrogens is 4. The zero-order valence-electron chi connectivity index (χ0n) is 17.7. The van der Waals surface area contributed by atoms with Gasteiger partial charge < -0.3 is 44.6 Å². The van der Waals surface area contributed by atoms with Crippen LogP contribution in [-0.2, 0) is 41.1 Å². The van der Waals surface area contributed by atoms with Crippen LogP contribution >= 0.6 is 23.5 Å². The summed E-state index contributed by atoms with van der Waals surface area (Å²) in [5, 5.41) is 10.7. The summed E-state index contributed by atoms with van der Waals surface area (Å²) in [4.78, 5) is 48.1. The molecule has 1 aliphatic rings. The third-order valence-corrected chi connectivity index (χ3v) is 8.19. The van der Waals surface area contributed by atoms with Gasteiger partial charge in [-0.25, -0.2) is 28.6 Å². The van der Waals surface area contributed by atoms with Gasteiger partial charge in [-0.1, -0.05) is 0 Å². The first kappa shape index (κ1) is 28.2. The fourth-order valence-electron chi connectivity index (χ4n) is 3.05. The van der Waals surface area contributed by atoms with Crippen molar-refractivity contribution in [1.82, 2.24) is 19.5 Å². The van der Waals surface area contributed by atoms with Crippen molar-refractivity contribution in [3.8, 4) is 0 Å². The third-order valence-electron chi connectivity index (χ3n) is 4.39. The average Bonchev–Trinajstić information content (AvgIpc) is 3.26. The Kier molecular flexibility index (Phi) is 8.79. The smallest absolute Gasteiger partial charge is 0.387 e. The van der Waals surface area contributed by atoms with E-state index < -0.39 is 54.6 Å². The van der Waals surface area contributed by atoms with Gasteiger partial charge in [-0.05, 0) is 0 Å². The van der Waals surface area contributed by atoms with Crippen LogP contribution in [0.1, 0.15) is 6.23 Å². The molecule has 0 aromatic carbocycles. The molecule has 22 heteroatoms. The van der Waals surface area contributed by atoms with Gasteiger partial charge in [0.1, 0.15) is 30.2 Å². The summed E-state index contributed by atoms with van der Waals surface area (Å²) in [5.41, 5.74) is 6.24. The van der Waals surface area contributed by atoms with Crippen LogP contribution in [0.5, 0.6) is 0 Å². The van der Waals surface area contributed by atoms with E-state index in [0.717, 1.165) is 0 Å². The molecule has 1 aliphatic heterocycles. The van der Waals surface area contributed by atoms with Crippen molar-refractivity contribution in [1.29, 1.82) is 0 Å². The van der Waals surface area contributed by atoms with Crippen LogP contribution in [0.3, 0.4) is 0 Å². The minimum Gasteiger partial charge on any atom is -0.387 e. The standard InChI is InChI=1S/C13H22N5O14P3/c1-27-2-3-28-10-9(19)7(4-29-34(23,24)32-35(25,26)31-33(20,21)22)30-13(10)18-6-17-8-11(14)15-5-16-12(8)18/h5-7,9-10,13,19H,2-4H2,1H3,(H,23,24)(H,25,26)(H2,14,15,16)(H2,20,21,22)/t7-,9-,10-,13-/m1/s1. The molecule has 19 nitrogen and oxygen atoms in total. The van der Waals surface area contributed by atoms with Gasteiger partial charge in [0.05, 0.1) is 26.1 Å². The highest BCUT2D eigenvalue weighted by Crippen LogP contribution is 2.66. The Morgan fingerprint density at radius 3 is 2.46 bits per heavy atom. The second-order valence-electron chi connectivity index (χ2n) is 6.85. The molecule has 2 aromatic rings. The summed E-state index contributed by atoms with van der Waals surface area (Å²) < 4.78 is 63.7. The molecule has 1 fully saturated rings. The number of hydrogen-bond acceptors (Lipinski definition) is 14. The largest absolute Gasteiger partial charge is 0.490 e. The van der Waals surface area contributed by atoms with Crippen LogP contribution in [0, 0.1) is 0 Å². The van der Waals surface area contributed by atoms with Gasteiger partial charge in [-0.3, -0.25) is 9.09 Å². The molecule has 0 spiro atoms. The Morgan fingerprint density at radius 1 is 1.09 bits per heavy atom. The minimum atomic E-state index is -5.71. The number of nitrogens with two attached hydrogens (primary N) is 1. The highest BCUT2D eigenvalue weighted by Gasteiger charge is 2.48. The molecule has 0 radical (unpaired) electrons. The maximum Gasteiger partial charge on any atom is 0.490 e. The van der Waals surface area contributed by atoms with Gasteiger partial charge in [0.2, 0.25) is 0 Å². The van der Waals surface area contributed by atoms with Crippen molar-refractivity contribution >= 4 is 40.4 Å². The summed E-state index contributed by atoms with van der Waals surface area (Å²) in [6, 6.07) is 0. The number of aliphatic hydroxyl groups is 1. The van der Waals surface area contributed by atoms with E-state index in [4.69, 9.17) is 29.7 Å². The number of imidazole rings is 1. The number of hydrogen-bond donors (Lipinski definition) is 6. The maximum absolute atomic E-state index is 12.0. The summed E-state index contributed by atoms with van der Waals surface area (Å²) in [5.74, 6) is 0.0772. The Bertz CT molecular complexity index is 1170. The predicted octanol–water partition coefficient (Wildman–Crippen LogP) is -0.958. The van der Waals surface area contributed by atoms with Crippen molar-refractivity contribution in [2.75, 3.05) is 32.7 Å². The van der Waals surface area contributed by atoms with Crippen molar-refractivity contribution < 1.29 is 65.7 Å². The van der Waals surface area contributed by atoms with Gasteiger partial charge in [-0.15, -0.1) is 0 Å². The minimum absolute atomic E-state index is 0.0183. The summed E-state index contributed by atoms with van der Waals surface area (Å²) in [7, 11) is -15.3. The third kappa shape index (κ3) is 7.31. The molecule has 6 atom stereocenters. The van der Waals surface area contributed by atoms with Gasteiger partial charge in [0.25, 0.3) is 0 Å². The lowest BCUT2D eigenvalue weighted by molar-refractivity contribution is -0.0784. The fourth-order valence-corrected chi connectivity index (χ4v) is 6.08. The molecule has 35 heavy (non-hydrogen) atoms. The van der Waals surface area contributed by atoms with Gasteiger partial charge >= 0.3 is 23.5 Å². The molecule has 0 aliphatic carbocycles. The number of fused-ring (bicyclic) bond motifs is 1. The number of nitrogens with zero attached hydrogens (tertiary/aromatic N) is 4. The molecular formula is C13H22N5O14P3. The number of aliphatic hydroxyl groups excluding tert-OH is 1. The number of phosphoric ester groups is 1. The number of nitrogen functional groups attached to an aromatic ring is 1. The average molecular weight is 565 g/mol. The predicted molar refractivity (Wildman–Crippen MR) is 111 cm³/mol. The molecule has 7 N–H and O–H groups in total. The topological polar surface area (TPSA) is 277 Å². The van der Waals surface area contributed by atoms with Crippen LogP contribution in [0.15, 0.2) is 12.7 Å². The zero-order valence-corrected chi connectivity index (χ0v) is 20.4. The van der Waals surface area contributed by atoms with Crippen LogP contribution in [0.4, 0.5) is 5.82 Å². The van der Waals surface area contributed by atoms with E-state index in [2.05, 4.69) is 28.1 Å². The first-order chi connectivity index (χ1) is 16.2. The van der Waals surface area contributed by atoms with Crippen molar-refractivity contribution in [3.05, 3.63) is 12.7 Å². The Hall–Kier alpha value is -1.40. The maximum atomic E-state index is 12.0. The number of rotatable bonds is 12. The van der Waals surface area contributed by atoms with Gasteiger partial charge in [0, 0.05) is 7.11 Å². The molecule has 0 saturated carbocycles. The quantitative estimate of drug-likeness (QED) is 0.133. The molecule has 1 saturated heterocycles. The molecule has 0 amide bonds. The Balaban J connectivity index is 1.77. The second-order valence-corrected chi connectivity index (χ2v) is 11.3. The Morgan fingerprint density at radius 2 is 1.80 bits per heavy atom. The second kappa shape index (κ2) is 10.9. The summed E-state index contributed by atoms with van der Waals surface area (Å²) >= 11 is 0. The molecule has 2 aromatic heterocycles. The van der Waals surface area contributed by atoms with Crippen molar-refractivity contribution in [2.45, 2.75) is 24.5 Å². The van der Waals surface area contributed by atoms with Crippen LogP contribution in [0.25, 0.3) is 11.2 Å². The van der Waals surface area contributed by atoms with E-state index in [0.29, 0.717) is 0 Å². The van der Waals surface area contributed by atoms with E-state index in [9.17, 15) is 28.6 Å². The van der Waals surface area contributed by atoms with E-state index in [1.54, 1.807) is 0 Å². The fraction of sp³-hybridized carbons (Fsp3) is 0.615. The lowest BCUT2D eigenvalue weighted by atomic mass is 10.1. The molecule has 3 heterocycles. The lowest BCUT2D eigenvalue weighted by Gasteiger charge is -2.22. The number of phosphoric acid groups is 3. The van der Waals surface area contributed by atoms with E-state index in [1.165, 1.54) is 24.3 Å². The van der Waals surface area contributed by atoms with Crippen molar-refractivity contribution in [3.63, 3.8) is 0 Å². The number of methoxy groups -OCH3 is 1. The molecule has 3 rings (SSSR count). The first-order valence-corrected chi connectivity index (χ1v) is 13.9. The Labute approximate surface area is 196 Å². The van der Waals surface area contributed by atoms with Crippen LogP contribution < -0.4 is 5.73 Å². The van der Waals surface area contributed by atoms with E-state index >= 15 is 0 Å². The highest BCUT2D eigenvalue weighted by molar-refractivity contribution is 7.66. The summed E-state index contributed by atoms with van der Waals surface area (Å²) in [6.45, 7) is -0.721. The van der Waals surface area contributed by atoms with Gasteiger partial charge in [-0.2, -0.15) is 8.62 Å². The van der Waals surface area contributed by atoms with Crippen LogP contribution in [0.2, 0.25) is 0 Å². The normalized spacial score (nSPS) is 26.6. The molecule has 2 unspecified atom stereocenters. The van der Waals surface area contributed by atoms with Crippen LogP contribution in [-0.4, -0.2) is 89.4 Å². The van der Waals surface area contributed by atoms with Crippen molar-refractivity contribution in [2.24, 2.45) is 0 Å². The zero-order chi connectivity index (χ0) is 26.0. The first-order valence-electron chi connectivity index (χ1n) is 9.38. The van der Waals surface area contributed by atoms with E-state index in [1.807, 2.05) is 0 Å². The molecule has 198 valence electrons. The molecular weight excluding hydrogens is 543 g/mol. The monoisotopic (exact) mass is 565 g/mol. The number of anilines is 1. The van der Waals surface area contributed by atoms with Gasteiger partial charge in [0.15, 0.2) is 17.7 Å². The van der Waals surface area contributed by atoms with E-state index in [-0.39, 0.29) is 30.2 Å². The molecule has 0 bridgehead atoms. The lowest BCUT2D eigenvalue weighted by Crippen LogP contribution is -2.36. The SMILES string of the molecule is COCCO[C@@H]1[C@H](O)[C@@H](COP(=O)(O)OP(=O)(O)OP(=O)(O)O)O[C@H]1n1cnc2c(N)ncnc21. The highest BCUT2D eigenvalue weighted by atomic mass is 31.3. The number of ether oxygens (including phenoxy) is 3.